The summed E-state index contributed by atoms with van der Waals surface area (Å²) in [5, 5.41) is 1.04. The summed E-state index contributed by atoms with van der Waals surface area (Å²) >= 11 is 0. The maximum Gasteiger partial charge on any atom is 0.200 e. The molecule has 0 saturated carbocycles. The lowest BCUT2D eigenvalue weighted by Crippen LogP contribution is -2.37. The van der Waals surface area contributed by atoms with Crippen LogP contribution >= 0.6 is 0 Å². The Kier molecular flexibility index (Phi) is 4.67. The second-order valence-corrected chi connectivity index (χ2v) is 3.67. The minimum atomic E-state index is -0.0637. The number of hydrogen-bond acceptors (Lipinski definition) is 2. The molecule has 0 aliphatic heterocycles. The molecule has 0 atom stereocenters. The molecule has 2 aromatic rings. The average Bonchev–Trinajstić information content (AvgIpc) is 2.36. The van der Waals surface area contributed by atoms with Crippen molar-refractivity contribution in [2.24, 2.45) is 0 Å². The van der Waals surface area contributed by atoms with Crippen LogP contribution in [0, 0.1) is 6.92 Å². The van der Waals surface area contributed by atoms with E-state index in [0.717, 1.165) is 5.56 Å². The van der Waals surface area contributed by atoms with E-state index in [9.17, 15) is 4.79 Å². The lowest BCUT2D eigenvalue weighted by atomic mass is 10.1. The maximum absolute atomic E-state index is 12.1. The third kappa shape index (κ3) is 2.59. The van der Waals surface area contributed by atoms with Gasteiger partial charge in [0.15, 0.2) is 5.43 Å². The molecule has 1 aromatic heterocycles. The number of fused-ring (bicyclic) bond motifs is 1. The second kappa shape index (κ2) is 6.01. The van der Waals surface area contributed by atoms with E-state index in [1.165, 1.54) is 0 Å². The highest BCUT2D eigenvalue weighted by molar-refractivity contribution is 5.77. The van der Waals surface area contributed by atoms with E-state index >= 15 is 0 Å². The lowest BCUT2D eigenvalue weighted by Gasteiger charge is -1.98. The molecule has 1 heterocycles. The van der Waals surface area contributed by atoms with Crippen LogP contribution in [0.4, 0.5) is 0 Å². The Hall–Kier alpha value is -2.09. The van der Waals surface area contributed by atoms with Crippen molar-refractivity contribution in [3.63, 3.8) is 0 Å². The summed E-state index contributed by atoms with van der Waals surface area (Å²) in [7, 11) is 0. The van der Waals surface area contributed by atoms with Crippen LogP contribution in [-0.2, 0) is 0 Å². The second-order valence-electron chi connectivity index (χ2n) is 3.67. The topological polar surface area (TPSA) is 30.2 Å². The first-order valence-corrected chi connectivity index (χ1v) is 5.98. The van der Waals surface area contributed by atoms with Crippen LogP contribution in [0.25, 0.3) is 23.6 Å². The molecule has 0 aliphatic carbocycles. The average molecular weight is 242 g/mol. The summed E-state index contributed by atoms with van der Waals surface area (Å²) < 4.78 is 5.52. The van der Waals surface area contributed by atoms with Gasteiger partial charge in [0.05, 0.1) is 10.6 Å². The zero-order valence-corrected chi connectivity index (χ0v) is 11.1. The summed E-state index contributed by atoms with van der Waals surface area (Å²) in [6.45, 7) is 13.3. The summed E-state index contributed by atoms with van der Waals surface area (Å²) in [6.07, 6.45) is 3.18. The summed E-state index contributed by atoms with van der Waals surface area (Å²) in [4.78, 5) is 12.1. The largest absolute Gasteiger partial charge is 0.456 e. The smallest absolute Gasteiger partial charge is 0.200 e. The monoisotopic (exact) mass is 242 g/mol. The van der Waals surface area contributed by atoms with E-state index in [4.69, 9.17) is 4.42 Å². The van der Waals surface area contributed by atoms with Gasteiger partial charge >= 0.3 is 0 Å². The van der Waals surface area contributed by atoms with E-state index in [0.29, 0.717) is 21.6 Å². The molecule has 0 spiro atoms. The molecule has 0 N–H and O–H groups in total. The minimum Gasteiger partial charge on any atom is -0.456 e. The van der Waals surface area contributed by atoms with E-state index in [2.05, 4.69) is 13.2 Å². The molecule has 94 valence electrons. The van der Waals surface area contributed by atoms with E-state index in [1.54, 1.807) is 18.2 Å². The number of aryl methyl sites for hydroxylation is 1. The molecule has 0 radical (unpaired) electrons. The van der Waals surface area contributed by atoms with Crippen molar-refractivity contribution >= 4 is 23.6 Å². The molecule has 0 amide bonds. The Morgan fingerprint density at radius 2 is 1.94 bits per heavy atom. The van der Waals surface area contributed by atoms with Gasteiger partial charge in [0, 0.05) is 0 Å². The molecule has 0 saturated heterocycles. The van der Waals surface area contributed by atoms with Crippen LogP contribution in [0.3, 0.4) is 0 Å². The Balaban J connectivity index is 0.000000771. The molecular formula is C16H18O2. The highest BCUT2D eigenvalue weighted by Crippen LogP contribution is 2.08. The summed E-state index contributed by atoms with van der Waals surface area (Å²) in [5.41, 5.74) is 1.95. The molecule has 0 unspecified atom stereocenters. The highest BCUT2D eigenvalue weighted by Gasteiger charge is 2.02. The summed E-state index contributed by atoms with van der Waals surface area (Å²) in [5.74, 6) is 0. The van der Waals surface area contributed by atoms with Gasteiger partial charge in [0.25, 0.3) is 0 Å². The molecule has 0 bridgehead atoms. The predicted octanol–water partition coefficient (Wildman–Crippen LogP) is 2.50. The van der Waals surface area contributed by atoms with Crippen molar-refractivity contribution in [3.8, 4) is 0 Å². The Morgan fingerprint density at radius 1 is 1.28 bits per heavy atom. The van der Waals surface area contributed by atoms with Gasteiger partial charge in [-0.15, -0.1) is 0 Å². The van der Waals surface area contributed by atoms with E-state index in [-0.39, 0.29) is 5.43 Å². The number of benzene rings is 1. The van der Waals surface area contributed by atoms with Crippen LogP contribution in [0.5, 0.6) is 0 Å². The van der Waals surface area contributed by atoms with Crippen LogP contribution in [0.15, 0.2) is 40.1 Å². The molecule has 2 nitrogen and oxygen atoms in total. The Morgan fingerprint density at radius 3 is 2.56 bits per heavy atom. The van der Waals surface area contributed by atoms with Gasteiger partial charge in [-0.25, -0.2) is 0 Å². The van der Waals surface area contributed by atoms with Crippen molar-refractivity contribution in [1.29, 1.82) is 0 Å². The highest BCUT2D eigenvalue weighted by atomic mass is 16.3. The van der Waals surface area contributed by atoms with E-state index in [1.807, 2.05) is 32.9 Å². The van der Waals surface area contributed by atoms with Crippen LogP contribution in [0.1, 0.15) is 19.4 Å². The molecule has 0 fully saturated rings. The maximum atomic E-state index is 12.1. The van der Waals surface area contributed by atoms with Crippen molar-refractivity contribution < 1.29 is 4.42 Å². The molecule has 18 heavy (non-hydrogen) atoms. The lowest BCUT2D eigenvalue weighted by molar-refractivity contribution is 0.560. The first-order valence-electron chi connectivity index (χ1n) is 5.98. The quantitative estimate of drug-likeness (QED) is 0.769. The number of allylic oxidation sites excluding steroid dienone is 1. The zero-order chi connectivity index (χ0) is 13.7. The van der Waals surface area contributed by atoms with Gasteiger partial charge in [-0.3, -0.25) is 4.79 Å². The molecule has 0 aliphatic rings. The van der Waals surface area contributed by atoms with Gasteiger partial charge < -0.3 is 4.42 Å². The minimum absolute atomic E-state index is 0.0637. The first-order chi connectivity index (χ1) is 8.63. The van der Waals surface area contributed by atoms with Crippen LogP contribution < -0.4 is 16.1 Å². The normalized spacial score (nSPS) is 10.9. The SMILES string of the molecule is C=C/C=c1\c(=C)oc2cc(C)ccc2c1=O.CC. The first kappa shape index (κ1) is 14.0. The van der Waals surface area contributed by atoms with Gasteiger partial charge in [-0.1, -0.05) is 39.1 Å². The third-order valence-corrected chi connectivity index (χ3v) is 2.44. The Labute approximate surface area is 107 Å². The molecule has 2 rings (SSSR count). The van der Waals surface area contributed by atoms with Gasteiger partial charge in [0.2, 0.25) is 0 Å². The van der Waals surface area contributed by atoms with Gasteiger partial charge in [-0.05, 0) is 30.7 Å². The fourth-order valence-corrected chi connectivity index (χ4v) is 1.65. The van der Waals surface area contributed by atoms with Crippen LogP contribution in [0.2, 0.25) is 0 Å². The Bertz CT molecular complexity index is 721. The fraction of sp³-hybridized carbons (Fsp3) is 0.188. The summed E-state index contributed by atoms with van der Waals surface area (Å²) in [6, 6.07) is 5.50. The van der Waals surface area contributed by atoms with Crippen molar-refractivity contribution in [2.45, 2.75) is 20.8 Å². The van der Waals surface area contributed by atoms with E-state index < -0.39 is 0 Å². The fourth-order valence-electron chi connectivity index (χ4n) is 1.65. The number of hydrogen-bond donors (Lipinski definition) is 0. The molecule has 1 aromatic carbocycles. The van der Waals surface area contributed by atoms with Gasteiger partial charge in [-0.2, -0.15) is 0 Å². The molecule has 2 heteroatoms. The predicted molar refractivity (Wildman–Crippen MR) is 78.0 cm³/mol. The van der Waals surface area contributed by atoms with Crippen LogP contribution in [-0.4, -0.2) is 0 Å². The van der Waals surface area contributed by atoms with Crippen molar-refractivity contribution in [3.05, 3.63) is 57.3 Å². The standard InChI is InChI=1S/C14H12O2.C2H6/c1-4-5-11-10(3)16-13-8-9(2)6-7-12(13)14(11)15;1-2/h4-8H,1,3H2,2H3;1-2H3/b11-5+;. The number of rotatable bonds is 1. The third-order valence-electron chi connectivity index (χ3n) is 2.44. The van der Waals surface area contributed by atoms with Gasteiger partial charge in [0.1, 0.15) is 11.0 Å². The van der Waals surface area contributed by atoms with Crippen molar-refractivity contribution in [2.75, 3.05) is 0 Å². The zero-order valence-electron chi connectivity index (χ0n) is 11.1. The van der Waals surface area contributed by atoms with Crippen molar-refractivity contribution in [1.82, 2.24) is 0 Å². The molecular weight excluding hydrogens is 224 g/mol.